The first-order valence-corrected chi connectivity index (χ1v) is 10.6. The smallest absolute Gasteiger partial charge is 0.224 e. The lowest BCUT2D eigenvalue weighted by Gasteiger charge is -2.36. The zero-order chi connectivity index (χ0) is 19.6. The minimum atomic E-state index is 0.319. The standard InChI is InChI=1S/C22H28N6O/c1-26-10-8-23-21(26)7-9-27-11-13-28(14-12-27)17-5-6-20-19(15-17)22(25-16-24-20)29-18-3-2-4-18/h5-6,8,10,15-16,18H,2-4,7,9,11-14H2,1H3. The maximum Gasteiger partial charge on any atom is 0.224 e. The van der Waals surface area contributed by atoms with Gasteiger partial charge in [0.25, 0.3) is 0 Å². The van der Waals surface area contributed by atoms with Gasteiger partial charge < -0.3 is 14.2 Å². The Morgan fingerprint density at radius 1 is 1.07 bits per heavy atom. The fourth-order valence-electron chi connectivity index (χ4n) is 4.08. The molecule has 0 bridgehead atoms. The zero-order valence-corrected chi connectivity index (χ0v) is 17.0. The second-order valence-electron chi connectivity index (χ2n) is 8.08. The van der Waals surface area contributed by atoms with E-state index in [1.54, 1.807) is 6.33 Å². The molecule has 2 aliphatic rings. The van der Waals surface area contributed by atoms with Crippen molar-refractivity contribution in [3.05, 3.63) is 42.7 Å². The average Bonchev–Trinajstić information content (AvgIpc) is 3.14. The van der Waals surface area contributed by atoms with Crippen LogP contribution in [-0.2, 0) is 13.5 Å². The van der Waals surface area contributed by atoms with E-state index in [-0.39, 0.29) is 0 Å². The van der Waals surface area contributed by atoms with Crippen molar-refractivity contribution < 1.29 is 4.74 Å². The third-order valence-electron chi connectivity index (χ3n) is 6.22. The molecule has 2 aromatic heterocycles. The van der Waals surface area contributed by atoms with Crippen LogP contribution < -0.4 is 9.64 Å². The molecule has 2 fully saturated rings. The van der Waals surface area contributed by atoms with Crippen molar-refractivity contribution in [2.75, 3.05) is 37.6 Å². The van der Waals surface area contributed by atoms with E-state index in [0.29, 0.717) is 6.10 Å². The quantitative estimate of drug-likeness (QED) is 0.643. The highest BCUT2D eigenvalue weighted by molar-refractivity contribution is 5.86. The van der Waals surface area contributed by atoms with Crippen molar-refractivity contribution in [3.8, 4) is 5.88 Å². The number of hydrogen-bond donors (Lipinski definition) is 0. The minimum Gasteiger partial charge on any atom is -0.474 e. The van der Waals surface area contributed by atoms with Gasteiger partial charge in [0.2, 0.25) is 5.88 Å². The van der Waals surface area contributed by atoms with Gasteiger partial charge in [0, 0.05) is 64.3 Å². The van der Waals surface area contributed by atoms with Gasteiger partial charge in [-0.3, -0.25) is 4.90 Å². The lowest BCUT2D eigenvalue weighted by molar-refractivity contribution is 0.116. The number of piperazine rings is 1. The van der Waals surface area contributed by atoms with Gasteiger partial charge in [-0.25, -0.2) is 15.0 Å². The van der Waals surface area contributed by atoms with Crippen molar-refractivity contribution >= 4 is 16.6 Å². The Hall–Kier alpha value is -2.67. The predicted octanol–water partition coefficient (Wildman–Crippen LogP) is 2.66. The molecular formula is C22H28N6O. The number of anilines is 1. The van der Waals surface area contributed by atoms with E-state index in [1.165, 1.54) is 12.1 Å². The Kier molecular flexibility index (Phi) is 5.06. The van der Waals surface area contributed by atoms with E-state index < -0.39 is 0 Å². The number of aryl methyl sites for hydroxylation is 1. The number of hydrogen-bond acceptors (Lipinski definition) is 6. The van der Waals surface area contributed by atoms with Crippen LogP contribution in [0.15, 0.2) is 36.9 Å². The summed E-state index contributed by atoms with van der Waals surface area (Å²) in [4.78, 5) is 18.3. The molecular weight excluding hydrogens is 364 g/mol. The van der Waals surface area contributed by atoms with Gasteiger partial charge in [0.1, 0.15) is 18.3 Å². The molecule has 0 N–H and O–H groups in total. The first-order valence-electron chi connectivity index (χ1n) is 10.6. The number of rotatable bonds is 6. The van der Waals surface area contributed by atoms with Crippen molar-refractivity contribution in [3.63, 3.8) is 0 Å². The molecule has 1 aromatic carbocycles. The van der Waals surface area contributed by atoms with Crippen LogP contribution >= 0.6 is 0 Å². The summed E-state index contributed by atoms with van der Waals surface area (Å²) in [5.74, 6) is 1.89. The summed E-state index contributed by atoms with van der Waals surface area (Å²) < 4.78 is 8.22. The summed E-state index contributed by atoms with van der Waals surface area (Å²) in [6.45, 7) is 5.25. The molecule has 0 amide bonds. The van der Waals surface area contributed by atoms with Crippen molar-refractivity contribution in [2.24, 2.45) is 7.05 Å². The summed E-state index contributed by atoms with van der Waals surface area (Å²) in [5.41, 5.74) is 2.18. The highest BCUT2D eigenvalue weighted by Gasteiger charge is 2.22. The van der Waals surface area contributed by atoms with Crippen LogP contribution in [0, 0.1) is 0 Å². The Bertz CT molecular complexity index is 974. The summed E-state index contributed by atoms with van der Waals surface area (Å²) >= 11 is 0. The van der Waals surface area contributed by atoms with Crippen molar-refractivity contribution in [2.45, 2.75) is 31.8 Å². The first-order chi connectivity index (χ1) is 14.3. The Morgan fingerprint density at radius 2 is 1.93 bits per heavy atom. The monoisotopic (exact) mass is 392 g/mol. The Balaban J connectivity index is 1.24. The van der Waals surface area contributed by atoms with E-state index in [4.69, 9.17) is 4.74 Å². The van der Waals surface area contributed by atoms with E-state index in [1.807, 2.05) is 12.4 Å². The van der Waals surface area contributed by atoms with E-state index >= 15 is 0 Å². The largest absolute Gasteiger partial charge is 0.474 e. The zero-order valence-electron chi connectivity index (χ0n) is 17.0. The lowest BCUT2D eigenvalue weighted by atomic mass is 9.96. The van der Waals surface area contributed by atoms with Gasteiger partial charge in [0.15, 0.2) is 0 Å². The molecule has 0 spiro atoms. The van der Waals surface area contributed by atoms with Crippen LogP contribution in [0.1, 0.15) is 25.1 Å². The number of aromatic nitrogens is 4. The summed E-state index contributed by atoms with van der Waals surface area (Å²) in [6.07, 6.45) is 10.3. The fraction of sp³-hybridized carbons (Fsp3) is 0.500. The molecule has 7 heteroatoms. The van der Waals surface area contributed by atoms with Gasteiger partial charge in [-0.2, -0.15) is 0 Å². The van der Waals surface area contributed by atoms with Crippen LogP contribution in [-0.4, -0.2) is 63.2 Å². The molecule has 1 aliphatic carbocycles. The van der Waals surface area contributed by atoms with E-state index in [9.17, 15) is 0 Å². The van der Waals surface area contributed by atoms with E-state index in [2.05, 4.69) is 54.6 Å². The van der Waals surface area contributed by atoms with E-state index in [0.717, 1.165) is 74.6 Å². The number of ether oxygens (including phenoxy) is 1. The van der Waals surface area contributed by atoms with Gasteiger partial charge >= 0.3 is 0 Å². The van der Waals surface area contributed by atoms with Crippen LogP contribution in [0.3, 0.4) is 0 Å². The lowest BCUT2D eigenvalue weighted by Crippen LogP contribution is -2.47. The molecule has 1 saturated heterocycles. The maximum atomic E-state index is 6.11. The van der Waals surface area contributed by atoms with Crippen LogP contribution in [0.2, 0.25) is 0 Å². The molecule has 3 aromatic rings. The van der Waals surface area contributed by atoms with Crippen LogP contribution in [0.25, 0.3) is 10.9 Å². The Labute approximate surface area is 171 Å². The number of imidazole rings is 1. The fourth-order valence-corrected chi connectivity index (χ4v) is 4.08. The van der Waals surface area contributed by atoms with Gasteiger partial charge in [-0.05, 0) is 37.5 Å². The predicted molar refractivity (Wildman–Crippen MR) is 113 cm³/mol. The topological polar surface area (TPSA) is 59.3 Å². The summed E-state index contributed by atoms with van der Waals surface area (Å²) in [5, 5.41) is 1.02. The molecule has 0 unspecified atom stereocenters. The maximum absolute atomic E-state index is 6.11. The first kappa shape index (κ1) is 18.4. The van der Waals surface area contributed by atoms with Gasteiger partial charge in [0.05, 0.1) is 10.9 Å². The van der Waals surface area contributed by atoms with Crippen molar-refractivity contribution in [1.82, 2.24) is 24.4 Å². The highest BCUT2D eigenvalue weighted by atomic mass is 16.5. The third kappa shape index (κ3) is 3.92. The van der Waals surface area contributed by atoms with Crippen molar-refractivity contribution in [1.29, 1.82) is 0 Å². The van der Waals surface area contributed by atoms with Crippen LogP contribution in [0.5, 0.6) is 5.88 Å². The molecule has 0 atom stereocenters. The summed E-state index contributed by atoms with van der Waals surface area (Å²) in [6, 6.07) is 6.46. The number of nitrogens with zero attached hydrogens (tertiary/aromatic N) is 6. The van der Waals surface area contributed by atoms with Gasteiger partial charge in [-0.15, -0.1) is 0 Å². The molecule has 29 heavy (non-hydrogen) atoms. The minimum absolute atomic E-state index is 0.319. The SMILES string of the molecule is Cn1ccnc1CCN1CCN(c2ccc3ncnc(OC4CCC4)c3c2)CC1. The molecule has 0 radical (unpaired) electrons. The second-order valence-corrected chi connectivity index (χ2v) is 8.08. The van der Waals surface area contributed by atoms with Crippen LogP contribution in [0.4, 0.5) is 5.69 Å². The van der Waals surface area contributed by atoms with Gasteiger partial charge in [-0.1, -0.05) is 0 Å². The third-order valence-corrected chi connectivity index (χ3v) is 6.22. The molecule has 1 saturated carbocycles. The molecule has 5 rings (SSSR count). The molecule has 152 valence electrons. The normalized spacial score (nSPS) is 18.2. The number of fused-ring (bicyclic) bond motifs is 1. The number of benzene rings is 1. The molecule has 7 nitrogen and oxygen atoms in total. The second kappa shape index (κ2) is 7.99. The molecule has 3 heterocycles. The summed E-state index contributed by atoms with van der Waals surface area (Å²) in [7, 11) is 2.06. The molecule has 1 aliphatic heterocycles. The average molecular weight is 393 g/mol. The Morgan fingerprint density at radius 3 is 2.66 bits per heavy atom. The highest BCUT2D eigenvalue weighted by Crippen LogP contribution is 2.31.